The Morgan fingerprint density at radius 1 is 1.35 bits per heavy atom. The maximum absolute atomic E-state index is 11.2. The number of fused-ring (bicyclic) bond motifs is 1. The fourth-order valence-corrected chi connectivity index (χ4v) is 3.05. The molecule has 0 spiro atoms. The topological polar surface area (TPSA) is 53.4 Å². The lowest BCUT2D eigenvalue weighted by atomic mass is 9.99. The summed E-state index contributed by atoms with van der Waals surface area (Å²) in [6.07, 6.45) is 1.80. The summed E-state index contributed by atoms with van der Waals surface area (Å²) in [4.78, 5) is 17.9. The second kappa shape index (κ2) is 5.21. The largest absolute Gasteiger partial charge is 0.481 e. The van der Waals surface area contributed by atoms with Crippen molar-refractivity contribution in [1.29, 1.82) is 0 Å². The second-order valence-corrected chi connectivity index (χ2v) is 5.61. The number of aromatic nitrogens is 1. The molecule has 0 amide bonds. The van der Waals surface area contributed by atoms with Crippen molar-refractivity contribution in [2.45, 2.75) is 13.5 Å². The molecule has 1 aromatic carbocycles. The van der Waals surface area contributed by atoms with Gasteiger partial charge in [0.05, 0.1) is 11.4 Å². The number of nitrogens with zero attached hydrogens (tertiary/aromatic N) is 2. The van der Waals surface area contributed by atoms with E-state index in [0.29, 0.717) is 6.54 Å². The van der Waals surface area contributed by atoms with Crippen LogP contribution in [0.2, 0.25) is 0 Å². The smallest absolute Gasteiger partial charge is 0.308 e. The van der Waals surface area contributed by atoms with E-state index < -0.39 is 5.97 Å². The van der Waals surface area contributed by atoms with Crippen molar-refractivity contribution in [2.75, 3.05) is 13.1 Å². The molecule has 1 N–H and O–H groups in total. The number of benzene rings is 1. The first-order chi connectivity index (χ1) is 9.65. The van der Waals surface area contributed by atoms with Gasteiger partial charge in [0, 0.05) is 31.2 Å². The Bertz CT molecular complexity index is 636. The van der Waals surface area contributed by atoms with Crippen LogP contribution < -0.4 is 0 Å². The molecule has 104 valence electrons. The summed E-state index contributed by atoms with van der Waals surface area (Å²) in [5, 5.41) is 10.3. The summed E-state index contributed by atoms with van der Waals surface area (Å²) in [5.74, 6) is -0.732. The summed E-state index contributed by atoms with van der Waals surface area (Å²) < 4.78 is 0. The van der Waals surface area contributed by atoms with Crippen LogP contribution in [0.4, 0.5) is 0 Å². The molecule has 2 unspecified atom stereocenters. The quantitative estimate of drug-likeness (QED) is 0.930. The normalized spacial score (nSPS) is 23.2. The van der Waals surface area contributed by atoms with Crippen molar-refractivity contribution < 1.29 is 9.90 Å². The average molecular weight is 270 g/mol. The molecule has 4 heteroatoms. The first kappa shape index (κ1) is 13.1. The maximum atomic E-state index is 11.2. The summed E-state index contributed by atoms with van der Waals surface area (Å²) >= 11 is 0. The van der Waals surface area contributed by atoms with Crippen LogP contribution in [-0.4, -0.2) is 34.0 Å². The number of carboxylic acids is 1. The van der Waals surface area contributed by atoms with Gasteiger partial charge in [-0.3, -0.25) is 14.7 Å². The molecule has 2 aromatic rings. The minimum absolute atomic E-state index is 0.204. The van der Waals surface area contributed by atoms with Gasteiger partial charge in [0.25, 0.3) is 0 Å². The molecule has 1 aliphatic rings. The monoisotopic (exact) mass is 270 g/mol. The fraction of sp³-hybridized carbons (Fsp3) is 0.375. The highest BCUT2D eigenvalue weighted by atomic mass is 16.4. The van der Waals surface area contributed by atoms with Crippen LogP contribution >= 0.6 is 0 Å². The summed E-state index contributed by atoms with van der Waals surface area (Å²) in [6.45, 7) is 4.24. The number of likely N-dealkylation sites (tertiary alicyclic amines) is 1. The van der Waals surface area contributed by atoms with Crippen LogP contribution in [0.15, 0.2) is 36.5 Å². The molecule has 0 aliphatic carbocycles. The van der Waals surface area contributed by atoms with Crippen LogP contribution in [0.25, 0.3) is 10.9 Å². The highest BCUT2D eigenvalue weighted by Gasteiger charge is 2.34. The molecular formula is C16H18N2O2. The third-order valence-electron chi connectivity index (χ3n) is 4.12. The molecule has 4 nitrogen and oxygen atoms in total. The molecule has 2 heterocycles. The molecule has 20 heavy (non-hydrogen) atoms. The Labute approximate surface area is 118 Å². The number of pyridine rings is 1. The van der Waals surface area contributed by atoms with E-state index in [1.54, 1.807) is 6.20 Å². The van der Waals surface area contributed by atoms with Gasteiger partial charge in [-0.05, 0) is 17.5 Å². The minimum atomic E-state index is -0.684. The molecular weight excluding hydrogens is 252 g/mol. The van der Waals surface area contributed by atoms with Gasteiger partial charge in [-0.15, -0.1) is 0 Å². The van der Waals surface area contributed by atoms with E-state index in [2.05, 4.69) is 28.1 Å². The van der Waals surface area contributed by atoms with Crippen LogP contribution in [0.1, 0.15) is 12.5 Å². The Balaban J connectivity index is 1.82. The lowest BCUT2D eigenvalue weighted by molar-refractivity contribution is -0.142. The van der Waals surface area contributed by atoms with E-state index >= 15 is 0 Å². The van der Waals surface area contributed by atoms with Crippen molar-refractivity contribution in [3.63, 3.8) is 0 Å². The maximum Gasteiger partial charge on any atom is 0.308 e. The van der Waals surface area contributed by atoms with E-state index in [4.69, 9.17) is 0 Å². The van der Waals surface area contributed by atoms with Crippen molar-refractivity contribution in [1.82, 2.24) is 9.88 Å². The van der Waals surface area contributed by atoms with E-state index in [-0.39, 0.29) is 11.8 Å². The summed E-state index contributed by atoms with van der Waals surface area (Å²) in [6, 6.07) is 10.2. The van der Waals surface area contributed by atoms with Gasteiger partial charge in [-0.1, -0.05) is 31.2 Å². The Hall–Kier alpha value is -1.94. The zero-order valence-electron chi connectivity index (χ0n) is 11.5. The van der Waals surface area contributed by atoms with E-state index in [0.717, 1.165) is 24.0 Å². The van der Waals surface area contributed by atoms with Crippen molar-refractivity contribution >= 4 is 16.9 Å². The van der Waals surface area contributed by atoms with Crippen LogP contribution in [-0.2, 0) is 11.3 Å². The van der Waals surface area contributed by atoms with Crippen LogP contribution in [0, 0.1) is 11.8 Å². The second-order valence-electron chi connectivity index (χ2n) is 5.61. The van der Waals surface area contributed by atoms with Gasteiger partial charge in [0.15, 0.2) is 0 Å². The molecule has 0 radical (unpaired) electrons. The number of aliphatic carboxylic acids is 1. The molecule has 1 aromatic heterocycles. The van der Waals surface area contributed by atoms with Gasteiger partial charge in [0.1, 0.15) is 0 Å². The Morgan fingerprint density at radius 3 is 2.90 bits per heavy atom. The first-order valence-electron chi connectivity index (χ1n) is 6.93. The fourth-order valence-electron chi connectivity index (χ4n) is 3.05. The molecule has 2 atom stereocenters. The van der Waals surface area contributed by atoms with Gasteiger partial charge >= 0.3 is 5.97 Å². The van der Waals surface area contributed by atoms with Crippen molar-refractivity contribution in [3.05, 3.63) is 42.1 Å². The summed E-state index contributed by atoms with van der Waals surface area (Å²) in [7, 11) is 0. The zero-order chi connectivity index (χ0) is 14.1. The molecule has 0 bridgehead atoms. The zero-order valence-corrected chi connectivity index (χ0v) is 11.5. The van der Waals surface area contributed by atoms with Gasteiger partial charge < -0.3 is 5.11 Å². The number of hydrogen-bond acceptors (Lipinski definition) is 3. The Morgan fingerprint density at radius 2 is 2.15 bits per heavy atom. The number of carboxylic acid groups (broad SMARTS) is 1. The number of para-hydroxylation sites is 1. The van der Waals surface area contributed by atoms with E-state index in [1.807, 2.05) is 19.1 Å². The van der Waals surface area contributed by atoms with Gasteiger partial charge in [-0.2, -0.15) is 0 Å². The predicted molar refractivity (Wildman–Crippen MR) is 77.3 cm³/mol. The summed E-state index contributed by atoms with van der Waals surface area (Å²) in [5.41, 5.74) is 2.18. The third-order valence-corrected chi connectivity index (χ3v) is 4.12. The van der Waals surface area contributed by atoms with Crippen molar-refractivity contribution in [3.8, 4) is 0 Å². The molecule has 1 fully saturated rings. The molecule has 1 saturated heterocycles. The highest BCUT2D eigenvalue weighted by molar-refractivity contribution is 5.81. The molecule has 0 saturated carbocycles. The Kier molecular flexibility index (Phi) is 3.40. The first-order valence-corrected chi connectivity index (χ1v) is 6.93. The lowest BCUT2D eigenvalue weighted by Gasteiger charge is -2.16. The number of carbonyl (C=O) groups is 1. The SMILES string of the molecule is CC1CN(Cc2cccc3cccnc23)CC1C(=O)O. The van der Waals surface area contributed by atoms with E-state index in [1.165, 1.54) is 5.56 Å². The lowest BCUT2D eigenvalue weighted by Crippen LogP contribution is -2.23. The standard InChI is InChI=1S/C16H18N2O2/c1-11-8-18(10-14(11)16(19)20)9-13-5-2-4-12-6-3-7-17-15(12)13/h2-7,11,14H,8-10H2,1H3,(H,19,20). The van der Waals surface area contributed by atoms with Gasteiger partial charge in [-0.25, -0.2) is 0 Å². The highest BCUT2D eigenvalue weighted by Crippen LogP contribution is 2.26. The van der Waals surface area contributed by atoms with Crippen molar-refractivity contribution in [2.24, 2.45) is 11.8 Å². The molecule has 1 aliphatic heterocycles. The van der Waals surface area contributed by atoms with Crippen LogP contribution in [0.5, 0.6) is 0 Å². The minimum Gasteiger partial charge on any atom is -0.481 e. The molecule has 3 rings (SSSR count). The van der Waals surface area contributed by atoms with Crippen LogP contribution in [0.3, 0.4) is 0 Å². The predicted octanol–water partition coefficient (Wildman–Crippen LogP) is 2.39. The van der Waals surface area contributed by atoms with E-state index in [9.17, 15) is 9.90 Å². The average Bonchev–Trinajstić information content (AvgIpc) is 2.80. The third kappa shape index (κ3) is 2.39. The number of rotatable bonds is 3. The van der Waals surface area contributed by atoms with Gasteiger partial charge in [0.2, 0.25) is 0 Å². The number of hydrogen-bond donors (Lipinski definition) is 1.